The summed E-state index contributed by atoms with van der Waals surface area (Å²) in [7, 11) is -3.64. The van der Waals surface area contributed by atoms with Crippen LogP contribution in [0.2, 0.25) is 0 Å². The summed E-state index contributed by atoms with van der Waals surface area (Å²) in [5.41, 5.74) is 1.55. The maximum absolute atomic E-state index is 13.0. The Labute approximate surface area is 147 Å². The fourth-order valence-electron chi connectivity index (χ4n) is 2.71. The summed E-state index contributed by atoms with van der Waals surface area (Å²) in [6.45, 7) is 1.72. The van der Waals surface area contributed by atoms with Gasteiger partial charge in [-0.2, -0.15) is 12.7 Å². The minimum atomic E-state index is -3.64. The first-order valence-electron chi connectivity index (χ1n) is 7.55. The Bertz CT molecular complexity index is 974. The molecule has 3 aromatic rings. The highest BCUT2D eigenvalue weighted by Gasteiger charge is 2.26. The highest BCUT2D eigenvalue weighted by molar-refractivity contribution is 7.86. The molecule has 25 heavy (non-hydrogen) atoms. The van der Waals surface area contributed by atoms with Gasteiger partial charge in [0.2, 0.25) is 10.1 Å². The molecule has 4 rings (SSSR count). The van der Waals surface area contributed by atoms with Crippen LogP contribution >= 0.6 is 11.3 Å². The van der Waals surface area contributed by atoms with E-state index in [0.29, 0.717) is 26.2 Å². The fraction of sp³-hybridized carbons (Fsp3) is 0.286. The maximum Gasteiger partial charge on any atom is 0.277 e. The van der Waals surface area contributed by atoms with Gasteiger partial charge in [-0.25, -0.2) is 19.0 Å². The molecular formula is C14H15FN6O2S2. The average Bonchev–Trinajstić information content (AvgIpc) is 3.14. The van der Waals surface area contributed by atoms with Crippen molar-refractivity contribution in [2.45, 2.75) is 0 Å². The maximum atomic E-state index is 13.0. The van der Waals surface area contributed by atoms with Crippen molar-refractivity contribution < 1.29 is 12.8 Å². The number of anilines is 1. The molecule has 8 nitrogen and oxygen atoms in total. The smallest absolute Gasteiger partial charge is 0.277 e. The predicted molar refractivity (Wildman–Crippen MR) is 93.2 cm³/mol. The molecule has 11 heteroatoms. The summed E-state index contributed by atoms with van der Waals surface area (Å²) in [5, 5.41) is 10.4. The van der Waals surface area contributed by atoms with Gasteiger partial charge in [-0.1, -0.05) is 11.3 Å². The number of benzene rings is 1. The van der Waals surface area contributed by atoms with Gasteiger partial charge in [0.15, 0.2) is 0 Å². The molecule has 2 aromatic heterocycles. The van der Waals surface area contributed by atoms with Crippen LogP contribution in [0.3, 0.4) is 0 Å². The van der Waals surface area contributed by atoms with Gasteiger partial charge in [-0.15, -0.1) is 5.10 Å². The second-order valence-electron chi connectivity index (χ2n) is 5.68. The topological polar surface area (TPSA) is 96.8 Å². The summed E-state index contributed by atoms with van der Waals surface area (Å²) in [6, 6.07) is 6.14. The number of hydrogen-bond acceptors (Lipinski definition) is 6. The molecule has 1 aliphatic rings. The molecule has 0 atom stereocenters. The van der Waals surface area contributed by atoms with Crippen LogP contribution in [0.1, 0.15) is 0 Å². The van der Waals surface area contributed by atoms with Gasteiger partial charge in [0, 0.05) is 31.7 Å². The van der Waals surface area contributed by atoms with E-state index in [0.717, 1.165) is 21.3 Å². The Balaban J connectivity index is 1.53. The van der Waals surface area contributed by atoms with Crippen LogP contribution in [0.5, 0.6) is 0 Å². The second kappa shape index (κ2) is 6.02. The van der Waals surface area contributed by atoms with E-state index in [2.05, 4.69) is 10.1 Å². The quantitative estimate of drug-likeness (QED) is 0.727. The van der Waals surface area contributed by atoms with Crippen LogP contribution in [-0.4, -0.2) is 53.5 Å². The first kappa shape index (κ1) is 16.4. The van der Waals surface area contributed by atoms with Crippen molar-refractivity contribution in [3.63, 3.8) is 0 Å². The molecule has 0 radical (unpaired) electrons. The van der Waals surface area contributed by atoms with Crippen LogP contribution in [0.4, 0.5) is 9.52 Å². The first-order chi connectivity index (χ1) is 11.9. The summed E-state index contributed by atoms with van der Waals surface area (Å²) in [6.07, 6.45) is 1.79. The zero-order chi connectivity index (χ0) is 17.6. The normalized spacial score (nSPS) is 16.6. The molecule has 1 aromatic carbocycles. The van der Waals surface area contributed by atoms with E-state index in [4.69, 9.17) is 5.14 Å². The van der Waals surface area contributed by atoms with E-state index in [-0.39, 0.29) is 5.82 Å². The van der Waals surface area contributed by atoms with Gasteiger partial charge in [0.05, 0.1) is 11.9 Å². The minimum absolute atomic E-state index is 0.288. The highest BCUT2D eigenvalue weighted by Crippen LogP contribution is 2.27. The van der Waals surface area contributed by atoms with Crippen molar-refractivity contribution >= 4 is 31.6 Å². The zero-order valence-corrected chi connectivity index (χ0v) is 14.7. The van der Waals surface area contributed by atoms with Gasteiger partial charge in [-0.05, 0) is 24.3 Å². The van der Waals surface area contributed by atoms with Gasteiger partial charge >= 0.3 is 0 Å². The first-order valence-corrected chi connectivity index (χ1v) is 9.87. The van der Waals surface area contributed by atoms with E-state index in [1.165, 1.54) is 27.8 Å². The molecule has 1 fully saturated rings. The largest absolute Gasteiger partial charge is 0.344 e. The minimum Gasteiger partial charge on any atom is -0.344 e. The molecule has 0 spiro atoms. The van der Waals surface area contributed by atoms with E-state index in [9.17, 15) is 12.8 Å². The highest BCUT2D eigenvalue weighted by atomic mass is 32.2. The van der Waals surface area contributed by atoms with Crippen LogP contribution in [-0.2, 0) is 10.2 Å². The number of fused-ring (bicyclic) bond motifs is 1. The number of hydrogen-bond donors (Lipinski definition) is 1. The third-order valence-corrected chi connectivity index (χ3v) is 6.11. The summed E-state index contributed by atoms with van der Waals surface area (Å²) in [5.74, 6) is -0.288. The lowest BCUT2D eigenvalue weighted by Crippen LogP contribution is -2.50. The van der Waals surface area contributed by atoms with E-state index >= 15 is 0 Å². The third-order valence-electron chi connectivity index (χ3n) is 4.04. The molecule has 1 saturated heterocycles. The molecule has 132 valence electrons. The van der Waals surface area contributed by atoms with Crippen molar-refractivity contribution in [3.8, 4) is 11.3 Å². The van der Waals surface area contributed by atoms with Crippen molar-refractivity contribution in [1.29, 1.82) is 0 Å². The second-order valence-corrected chi connectivity index (χ2v) is 8.16. The lowest BCUT2D eigenvalue weighted by Gasteiger charge is -2.32. The van der Waals surface area contributed by atoms with Crippen molar-refractivity contribution in [1.82, 2.24) is 18.9 Å². The summed E-state index contributed by atoms with van der Waals surface area (Å²) < 4.78 is 38.7. The van der Waals surface area contributed by atoms with E-state index in [1.54, 1.807) is 22.8 Å². The number of nitrogens with zero attached hydrogens (tertiary/aromatic N) is 5. The van der Waals surface area contributed by atoms with Crippen molar-refractivity contribution in [2.75, 3.05) is 31.1 Å². The van der Waals surface area contributed by atoms with Crippen LogP contribution < -0.4 is 10.0 Å². The zero-order valence-electron chi connectivity index (χ0n) is 13.0. The molecular weight excluding hydrogens is 367 g/mol. The lowest BCUT2D eigenvalue weighted by molar-refractivity contribution is 0.385. The van der Waals surface area contributed by atoms with Gasteiger partial charge in [-0.3, -0.25) is 0 Å². The number of nitrogens with two attached hydrogens (primary N) is 1. The Kier molecular flexibility index (Phi) is 3.95. The van der Waals surface area contributed by atoms with Crippen molar-refractivity contribution in [2.24, 2.45) is 5.14 Å². The van der Waals surface area contributed by atoms with Gasteiger partial charge < -0.3 is 4.90 Å². The third kappa shape index (κ3) is 3.23. The monoisotopic (exact) mass is 382 g/mol. The molecule has 0 saturated carbocycles. The van der Waals surface area contributed by atoms with Crippen LogP contribution in [0, 0.1) is 5.82 Å². The SMILES string of the molecule is NS(=O)(=O)N1CCN(c2nn3cc(-c4ccc(F)cc4)nc3s2)CC1. The van der Waals surface area contributed by atoms with Gasteiger partial charge in [0.1, 0.15) is 5.82 Å². The lowest BCUT2D eigenvalue weighted by atomic mass is 10.2. The molecule has 2 N–H and O–H groups in total. The standard InChI is InChI=1S/C14H15FN6O2S2/c15-11-3-1-10(2-4-11)12-9-21-13(17-12)24-14(18-21)19-5-7-20(8-6-19)25(16,22)23/h1-4,9H,5-8H2,(H2,16,22,23). The fourth-order valence-corrected chi connectivity index (χ4v) is 4.32. The van der Waals surface area contributed by atoms with Crippen molar-refractivity contribution in [3.05, 3.63) is 36.3 Å². The Morgan fingerprint density at radius 3 is 2.40 bits per heavy atom. The Morgan fingerprint density at radius 2 is 1.80 bits per heavy atom. The Hall–Kier alpha value is -2.08. The van der Waals surface area contributed by atoms with Crippen LogP contribution in [0.25, 0.3) is 16.2 Å². The summed E-state index contributed by atoms with van der Waals surface area (Å²) in [4.78, 5) is 7.26. The van der Waals surface area contributed by atoms with E-state index in [1.807, 2.05) is 4.90 Å². The number of halogens is 1. The molecule has 0 unspecified atom stereocenters. The summed E-state index contributed by atoms with van der Waals surface area (Å²) >= 11 is 1.42. The molecule has 0 bridgehead atoms. The number of aromatic nitrogens is 3. The number of imidazole rings is 1. The molecule has 3 heterocycles. The number of piperazine rings is 1. The van der Waals surface area contributed by atoms with E-state index < -0.39 is 10.2 Å². The average molecular weight is 382 g/mol. The van der Waals surface area contributed by atoms with Gasteiger partial charge in [0.25, 0.3) is 10.2 Å². The van der Waals surface area contributed by atoms with Crippen LogP contribution in [0.15, 0.2) is 30.5 Å². The molecule has 0 aliphatic carbocycles. The Morgan fingerprint density at radius 1 is 1.12 bits per heavy atom. The number of rotatable bonds is 3. The molecule has 1 aliphatic heterocycles. The predicted octanol–water partition coefficient (Wildman–Crippen LogP) is 0.922. The molecule has 0 amide bonds.